The van der Waals surface area contributed by atoms with Crippen molar-refractivity contribution in [2.24, 2.45) is 0 Å². The van der Waals surface area contributed by atoms with Crippen LogP contribution in [0.25, 0.3) is 0 Å². The Morgan fingerprint density at radius 3 is 2.14 bits per heavy atom. The Kier molecular flexibility index (Phi) is 10.8. The largest absolute Gasteiger partial charge is 0.352 e. The molecular weight excluding hydrogens is 552 g/mol. The summed E-state index contributed by atoms with van der Waals surface area (Å²) in [5.41, 5.74) is 0.421. The molecule has 0 saturated carbocycles. The molecule has 7 nitrogen and oxygen atoms in total. The number of halogens is 4. The van der Waals surface area contributed by atoms with Crippen LogP contribution in [0, 0.1) is 5.82 Å². The molecule has 0 aliphatic rings. The smallest absolute Gasteiger partial charge is 0.244 e. The van der Waals surface area contributed by atoms with Crippen LogP contribution in [0.4, 0.5) is 10.1 Å². The van der Waals surface area contributed by atoms with Gasteiger partial charge in [0.05, 0.1) is 17.0 Å². The Morgan fingerprint density at radius 1 is 1.03 bits per heavy atom. The summed E-state index contributed by atoms with van der Waals surface area (Å²) >= 11 is 18.5. The highest BCUT2D eigenvalue weighted by molar-refractivity contribution is 7.92. The van der Waals surface area contributed by atoms with Gasteiger partial charge in [0.25, 0.3) is 0 Å². The van der Waals surface area contributed by atoms with E-state index in [0.717, 1.165) is 22.7 Å². The molecule has 2 amide bonds. The summed E-state index contributed by atoms with van der Waals surface area (Å²) in [7, 11) is -3.99. The molecule has 36 heavy (non-hydrogen) atoms. The minimum Gasteiger partial charge on any atom is -0.352 e. The van der Waals surface area contributed by atoms with Gasteiger partial charge in [0.2, 0.25) is 21.8 Å². The van der Waals surface area contributed by atoms with Crippen molar-refractivity contribution in [3.63, 3.8) is 0 Å². The number of nitrogens with one attached hydrogen (secondary N) is 1. The van der Waals surface area contributed by atoms with Crippen LogP contribution >= 0.6 is 34.8 Å². The maximum absolute atomic E-state index is 13.7. The van der Waals surface area contributed by atoms with Crippen molar-refractivity contribution in [3.8, 4) is 0 Å². The number of hydrogen-bond acceptors (Lipinski definition) is 4. The zero-order valence-corrected chi connectivity index (χ0v) is 23.5. The highest BCUT2D eigenvalue weighted by Gasteiger charge is 2.33. The van der Waals surface area contributed by atoms with Crippen molar-refractivity contribution < 1.29 is 22.4 Å². The van der Waals surface area contributed by atoms with Gasteiger partial charge in [0.1, 0.15) is 18.4 Å². The molecule has 0 fully saturated rings. The van der Waals surface area contributed by atoms with Gasteiger partial charge in [0, 0.05) is 28.2 Å². The van der Waals surface area contributed by atoms with Crippen molar-refractivity contribution in [1.29, 1.82) is 0 Å². The second-order valence-corrected chi connectivity index (χ2v) is 11.5. The summed E-state index contributed by atoms with van der Waals surface area (Å²) in [4.78, 5) is 28.0. The van der Waals surface area contributed by atoms with Crippen molar-refractivity contribution in [2.75, 3.05) is 17.1 Å². The molecule has 0 bridgehead atoms. The van der Waals surface area contributed by atoms with E-state index < -0.39 is 34.3 Å². The maximum Gasteiger partial charge on any atom is 0.244 e. The fourth-order valence-corrected chi connectivity index (χ4v) is 5.00. The molecule has 198 valence electrons. The van der Waals surface area contributed by atoms with Crippen molar-refractivity contribution in [1.82, 2.24) is 10.2 Å². The first-order valence-electron chi connectivity index (χ1n) is 11.3. The summed E-state index contributed by atoms with van der Waals surface area (Å²) in [6, 6.07) is 7.13. The molecule has 0 aromatic heterocycles. The molecule has 0 heterocycles. The zero-order chi connectivity index (χ0) is 27.2. The van der Waals surface area contributed by atoms with E-state index in [0.29, 0.717) is 22.0 Å². The van der Waals surface area contributed by atoms with Crippen LogP contribution in [-0.2, 0) is 26.2 Å². The van der Waals surface area contributed by atoms with E-state index in [1.54, 1.807) is 25.1 Å². The molecule has 0 saturated heterocycles. The molecule has 1 N–H and O–H groups in total. The van der Waals surface area contributed by atoms with Gasteiger partial charge in [-0.25, -0.2) is 12.8 Å². The second kappa shape index (κ2) is 12.9. The van der Waals surface area contributed by atoms with Crippen molar-refractivity contribution in [2.45, 2.75) is 52.2 Å². The first-order chi connectivity index (χ1) is 16.8. The third-order valence-electron chi connectivity index (χ3n) is 5.65. The van der Waals surface area contributed by atoms with Gasteiger partial charge in [-0.1, -0.05) is 54.7 Å². The second-order valence-electron chi connectivity index (χ2n) is 8.33. The number of hydrogen-bond donors (Lipinski definition) is 1. The van der Waals surface area contributed by atoms with Crippen LogP contribution in [0.15, 0.2) is 36.4 Å². The fraction of sp³-hybridized carbons (Fsp3) is 0.417. The van der Waals surface area contributed by atoms with Gasteiger partial charge in [-0.2, -0.15) is 0 Å². The van der Waals surface area contributed by atoms with Gasteiger partial charge in [-0.15, -0.1) is 0 Å². The summed E-state index contributed by atoms with van der Waals surface area (Å²) in [5, 5.41) is 3.16. The van der Waals surface area contributed by atoms with Crippen LogP contribution < -0.4 is 9.62 Å². The number of carbonyl (C=O) groups excluding carboxylic acids is 2. The summed E-state index contributed by atoms with van der Waals surface area (Å²) in [6.07, 6.45) is 1.84. The third-order valence-corrected chi connectivity index (χ3v) is 7.79. The van der Waals surface area contributed by atoms with Crippen LogP contribution in [0.1, 0.15) is 39.2 Å². The first kappa shape index (κ1) is 30.2. The van der Waals surface area contributed by atoms with Gasteiger partial charge in [0.15, 0.2) is 0 Å². The lowest BCUT2D eigenvalue weighted by Crippen LogP contribution is -2.53. The molecule has 0 aliphatic carbocycles. The summed E-state index contributed by atoms with van der Waals surface area (Å²) in [6.45, 7) is 4.70. The highest BCUT2D eigenvalue weighted by Crippen LogP contribution is 2.28. The lowest BCUT2D eigenvalue weighted by Gasteiger charge is -2.33. The SMILES string of the molecule is CC[C@@H](C)NC(=O)[C@H](CC)N(Cc1c(Cl)cccc1Cl)C(=O)CN(c1ccc(F)c(Cl)c1)S(C)(=O)=O. The Labute approximate surface area is 226 Å². The third kappa shape index (κ3) is 7.71. The molecule has 0 spiro atoms. The predicted molar refractivity (Wildman–Crippen MR) is 143 cm³/mol. The maximum atomic E-state index is 13.7. The Bertz CT molecular complexity index is 1190. The number of sulfonamides is 1. The molecule has 2 aromatic rings. The lowest BCUT2D eigenvalue weighted by atomic mass is 10.1. The first-order valence-corrected chi connectivity index (χ1v) is 14.2. The Morgan fingerprint density at radius 2 is 1.64 bits per heavy atom. The number of amides is 2. The molecule has 0 radical (unpaired) electrons. The van der Waals surface area contributed by atoms with E-state index in [1.807, 2.05) is 13.8 Å². The number of anilines is 1. The average Bonchev–Trinajstić information content (AvgIpc) is 2.80. The van der Waals surface area contributed by atoms with Crippen LogP contribution in [0.3, 0.4) is 0 Å². The molecule has 2 atom stereocenters. The predicted octanol–water partition coefficient (Wildman–Crippen LogP) is 5.27. The van der Waals surface area contributed by atoms with Crippen molar-refractivity contribution >= 4 is 62.3 Å². The number of carbonyl (C=O) groups is 2. The molecule has 2 rings (SSSR count). The van der Waals surface area contributed by atoms with Crippen LogP contribution in [-0.4, -0.2) is 50.0 Å². The standard InChI is InChI=1S/C24H29Cl3FN3O4S/c1-5-15(3)29-24(33)22(6-2)30(13-17-18(25)8-7-9-19(17)26)23(32)14-31(36(4,34)35)16-10-11-21(28)20(27)12-16/h7-12,15,22H,5-6,13-14H2,1-4H3,(H,29,33)/t15-,22+/m1/s1. The minimum atomic E-state index is -3.99. The molecule has 12 heteroatoms. The van der Waals surface area contributed by atoms with Gasteiger partial charge in [-0.05, 0) is 50.1 Å². The monoisotopic (exact) mass is 579 g/mol. The zero-order valence-electron chi connectivity index (χ0n) is 20.4. The Hall–Kier alpha value is -2.07. The van der Waals surface area contributed by atoms with E-state index in [9.17, 15) is 22.4 Å². The van der Waals surface area contributed by atoms with E-state index >= 15 is 0 Å². The molecule has 0 unspecified atom stereocenters. The normalized spacial score (nSPS) is 13.1. The number of nitrogens with zero attached hydrogens (tertiary/aromatic N) is 2. The number of rotatable bonds is 11. The van der Waals surface area contributed by atoms with E-state index in [4.69, 9.17) is 34.8 Å². The highest BCUT2D eigenvalue weighted by atomic mass is 35.5. The minimum absolute atomic E-state index is 0.00470. The topological polar surface area (TPSA) is 86.8 Å². The fourth-order valence-electron chi connectivity index (χ4n) is 3.47. The number of benzene rings is 2. The van der Waals surface area contributed by atoms with Crippen molar-refractivity contribution in [3.05, 3.63) is 62.8 Å². The molecule has 0 aliphatic heterocycles. The average molecular weight is 581 g/mol. The lowest BCUT2D eigenvalue weighted by molar-refractivity contribution is -0.140. The van der Waals surface area contributed by atoms with Crippen LogP contribution in [0.5, 0.6) is 0 Å². The quantitative estimate of drug-likeness (QED) is 0.392. The van der Waals surface area contributed by atoms with E-state index in [1.165, 1.54) is 11.0 Å². The Balaban J connectivity index is 2.52. The van der Waals surface area contributed by atoms with Gasteiger partial charge in [-0.3, -0.25) is 13.9 Å². The van der Waals surface area contributed by atoms with Gasteiger partial charge >= 0.3 is 0 Å². The van der Waals surface area contributed by atoms with Gasteiger partial charge < -0.3 is 10.2 Å². The van der Waals surface area contributed by atoms with E-state index in [-0.39, 0.29) is 35.6 Å². The molecule has 2 aromatic carbocycles. The van der Waals surface area contributed by atoms with Crippen LogP contribution in [0.2, 0.25) is 15.1 Å². The van der Waals surface area contributed by atoms with E-state index in [2.05, 4.69) is 5.32 Å². The molecular formula is C24H29Cl3FN3O4S. The summed E-state index contributed by atoms with van der Waals surface area (Å²) < 4.78 is 39.7. The summed E-state index contributed by atoms with van der Waals surface area (Å²) in [5.74, 6) is -1.80.